The highest BCUT2D eigenvalue weighted by Gasteiger charge is 2.56. The third-order valence-electron chi connectivity index (χ3n) is 5.34. The minimum atomic E-state index is -4.19. The number of rotatable bonds is 10. The Morgan fingerprint density at radius 2 is 2.03 bits per heavy atom. The fourth-order valence-electron chi connectivity index (χ4n) is 3.52. The Kier molecular flexibility index (Phi) is 8.87. The maximum atomic E-state index is 13.7. The predicted molar refractivity (Wildman–Crippen MR) is 132 cm³/mol. The van der Waals surface area contributed by atoms with Crippen LogP contribution in [0.1, 0.15) is 27.7 Å². The molecular weight excluding hydrogens is 513 g/mol. The molecule has 2 aliphatic heterocycles. The minimum Gasteiger partial charge on any atom is -0.462 e. The summed E-state index contributed by atoms with van der Waals surface area (Å²) in [6.45, 7) is 9.57. The van der Waals surface area contributed by atoms with Gasteiger partial charge in [0.05, 0.1) is 12.7 Å². The molecule has 11 nitrogen and oxygen atoms in total. The van der Waals surface area contributed by atoms with Crippen LogP contribution in [0.25, 0.3) is 0 Å². The summed E-state index contributed by atoms with van der Waals surface area (Å²) >= 11 is 6.58. The van der Waals surface area contributed by atoms with E-state index in [-0.39, 0.29) is 11.9 Å². The van der Waals surface area contributed by atoms with Crippen LogP contribution in [0, 0.1) is 0 Å². The van der Waals surface area contributed by atoms with Crippen molar-refractivity contribution in [1.29, 1.82) is 0 Å². The van der Waals surface area contributed by atoms with E-state index in [1.807, 2.05) is 0 Å². The number of hydrogen-bond donors (Lipinski definition) is 3. The van der Waals surface area contributed by atoms with E-state index in [9.17, 15) is 19.3 Å². The molecule has 0 aliphatic carbocycles. The van der Waals surface area contributed by atoms with E-state index in [4.69, 9.17) is 30.1 Å². The zero-order chi connectivity index (χ0) is 26.7. The average molecular weight is 544 g/mol. The SMILES string of the molecule is C=C1C=CN([C@@H]2O[C@H](COP(=O)(N[C@H](C)C(=O)OC(C)C)Oc3ccccc3)[C@@H](O)[C@@]2(C)Cl)C(=O)N1. The average Bonchev–Trinajstić information content (AvgIpc) is 3.01. The largest absolute Gasteiger partial charge is 0.462 e. The number of urea groups is 1. The third-order valence-corrected chi connectivity index (χ3v) is 7.40. The van der Waals surface area contributed by atoms with Gasteiger partial charge in [-0.1, -0.05) is 24.8 Å². The number of amides is 2. The summed E-state index contributed by atoms with van der Waals surface area (Å²) in [4.78, 5) is 24.5. The van der Waals surface area contributed by atoms with Gasteiger partial charge in [-0.3, -0.25) is 14.2 Å². The molecule has 0 bridgehead atoms. The number of allylic oxidation sites excluding steroid dienone is 1. The van der Waals surface area contributed by atoms with E-state index in [1.165, 1.54) is 24.9 Å². The predicted octanol–water partition coefficient (Wildman–Crippen LogP) is 3.26. The van der Waals surface area contributed by atoms with Gasteiger partial charge in [0.25, 0.3) is 0 Å². The molecule has 0 radical (unpaired) electrons. The van der Waals surface area contributed by atoms with Crippen molar-refractivity contribution >= 4 is 31.3 Å². The fraction of sp³-hybridized carbons (Fsp3) is 0.478. The molecule has 0 aromatic heterocycles. The molecule has 1 aromatic carbocycles. The molecule has 1 saturated heterocycles. The number of carbonyl (C=O) groups excluding carboxylic acids is 2. The van der Waals surface area contributed by atoms with Crippen LogP contribution in [0.4, 0.5) is 4.79 Å². The van der Waals surface area contributed by atoms with Crippen molar-refractivity contribution in [3.05, 3.63) is 54.9 Å². The topological polar surface area (TPSA) is 136 Å². The second-order valence-corrected chi connectivity index (χ2v) is 11.3. The van der Waals surface area contributed by atoms with Crippen LogP contribution >= 0.6 is 19.3 Å². The summed E-state index contributed by atoms with van der Waals surface area (Å²) in [5.41, 5.74) is 0.390. The smallest absolute Gasteiger partial charge is 0.459 e. The number of nitrogens with one attached hydrogen (secondary N) is 2. The molecule has 2 amide bonds. The van der Waals surface area contributed by atoms with Crippen molar-refractivity contribution in [3.63, 3.8) is 0 Å². The summed E-state index contributed by atoms with van der Waals surface area (Å²) in [6, 6.07) is 6.65. The van der Waals surface area contributed by atoms with Gasteiger partial charge >= 0.3 is 19.7 Å². The molecule has 0 spiro atoms. The summed E-state index contributed by atoms with van der Waals surface area (Å²) < 4.78 is 35.9. The highest BCUT2D eigenvalue weighted by Crippen LogP contribution is 2.47. The molecule has 1 fully saturated rings. The van der Waals surface area contributed by atoms with Gasteiger partial charge in [-0.25, -0.2) is 9.36 Å². The first-order valence-electron chi connectivity index (χ1n) is 11.3. The van der Waals surface area contributed by atoms with Crippen LogP contribution in [0.5, 0.6) is 5.75 Å². The van der Waals surface area contributed by atoms with Gasteiger partial charge in [0.1, 0.15) is 28.9 Å². The van der Waals surface area contributed by atoms with Crippen molar-refractivity contribution in [2.24, 2.45) is 0 Å². The first kappa shape index (κ1) is 28.2. The molecule has 0 saturated carbocycles. The second kappa shape index (κ2) is 11.3. The molecule has 13 heteroatoms. The van der Waals surface area contributed by atoms with Crippen molar-refractivity contribution in [3.8, 4) is 5.75 Å². The summed E-state index contributed by atoms with van der Waals surface area (Å²) in [7, 11) is -4.19. The van der Waals surface area contributed by atoms with Gasteiger partial charge in [0.2, 0.25) is 0 Å². The highest BCUT2D eigenvalue weighted by atomic mass is 35.5. The molecule has 36 heavy (non-hydrogen) atoms. The molecule has 3 rings (SSSR count). The van der Waals surface area contributed by atoms with Crippen LogP contribution < -0.4 is 14.9 Å². The van der Waals surface area contributed by atoms with E-state index < -0.39 is 55.7 Å². The highest BCUT2D eigenvalue weighted by molar-refractivity contribution is 7.52. The van der Waals surface area contributed by atoms with Gasteiger partial charge in [0.15, 0.2) is 6.23 Å². The first-order valence-corrected chi connectivity index (χ1v) is 13.2. The molecule has 3 N–H and O–H groups in total. The van der Waals surface area contributed by atoms with E-state index in [0.29, 0.717) is 5.70 Å². The van der Waals surface area contributed by atoms with E-state index in [1.54, 1.807) is 50.3 Å². The summed E-state index contributed by atoms with van der Waals surface area (Å²) in [5, 5.41) is 16.0. The maximum Gasteiger partial charge on any atom is 0.459 e. The Morgan fingerprint density at radius 3 is 2.64 bits per heavy atom. The van der Waals surface area contributed by atoms with E-state index >= 15 is 0 Å². The van der Waals surface area contributed by atoms with Crippen LogP contribution in [0.15, 0.2) is 54.9 Å². The van der Waals surface area contributed by atoms with Gasteiger partial charge in [-0.15, -0.1) is 11.6 Å². The quantitative estimate of drug-likeness (QED) is 0.231. The lowest BCUT2D eigenvalue weighted by atomic mass is 10.0. The Hall–Kier alpha value is -2.40. The minimum absolute atomic E-state index is 0.223. The standard InChI is InChI=1S/C23H31ClN3O8P/c1-14(2)33-20(29)16(4)26-36(31,35-17-9-7-6-8-10-17)32-13-18-19(28)23(5,24)21(34-18)27-12-11-15(3)25-22(27)30/h6-12,14,16,18-19,21,28H,3,13H2,1-2,4-5H3,(H,25,30)(H,26,31)/t16-,18-,19-,21-,23-,36?/m1/s1. The Bertz CT molecular complexity index is 1050. The van der Waals surface area contributed by atoms with E-state index in [0.717, 1.165) is 0 Å². The zero-order valence-electron chi connectivity index (χ0n) is 20.4. The molecule has 1 aromatic rings. The van der Waals surface area contributed by atoms with Gasteiger partial charge in [0, 0.05) is 11.9 Å². The molecule has 198 valence electrons. The monoisotopic (exact) mass is 543 g/mol. The van der Waals surface area contributed by atoms with Crippen LogP contribution in [0.2, 0.25) is 0 Å². The maximum absolute atomic E-state index is 13.7. The molecule has 2 heterocycles. The summed E-state index contributed by atoms with van der Waals surface area (Å²) in [6.07, 6.45) is -0.863. The number of aliphatic hydroxyl groups is 1. The Balaban J connectivity index is 1.76. The lowest BCUT2D eigenvalue weighted by Crippen LogP contribution is -2.53. The van der Waals surface area contributed by atoms with Gasteiger partial charge < -0.3 is 24.4 Å². The van der Waals surface area contributed by atoms with Crippen molar-refractivity contribution in [2.45, 2.75) is 63.2 Å². The van der Waals surface area contributed by atoms with E-state index in [2.05, 4.69) is 17.0 Å². The van der Waals surface area contributed by atoms with Gasteiger partial charge in [-0.05, 0) is 45.9 Å². The lowest BCUT2D eigenvalue weighted by molar-refractivity contribution is -0.149. The Morgan fingerprint density at radius 1 is 1.36 bits per heavy atom. The summed E-state index contributed by atoms with van der Waals surface area (Å²) in [5.74, 6) is -0.429. The van der Waals surface area contributed by atoms with Crippen molar-refractivity contribution in [1.82, 2.24) is 15.3 Å². The third kappa shape index (κ3) is 6.67. The number of carbonyl (C=O) groups is 2. The lowest BCUT2D eigenvalue weighted by Gasteiger charge is -2.34. The van der Waals surface area contributed by atoms with Crippen molar-refractivity contribution < 1.29 is 37.8 Å². The number of para-hydroxylation sites is 1. The van der Waals surface area contributed by atoms with Crippen LogP contribution in [-0.4, -0.2) is 64.1 Å². The molecule has 6 atom stereocenters. The number of halogens is 1. The first-order chi connectivity index (χ1) is 16.8. The molecular formula is C23H31ClN3O8P. The zero-order valence-corrected chi connectivity index (χ0v) is 22.1. The molecule has 1 unspecified atom stereocenters. The number of aliphatic hydroxyl groups excluding tert-OH is 1. The van der Waals surface area contributed by atoms with Gasteiger partial charge in [-0.2, -0.15) is 5.09 Å². The number of benzene rings is 1. The second-order valence-electron chi connectivity index (χ2n) is 8.84. The number of nitrogens with zero attached hydrogens (tertiary/aromatic N) is 1. The fourth-order valence-corrected chi connectivity index (χ4v) is 5.32. The number of esters is 1. The Labute approximate surface area is 214 Å². The molecule has 2 aliphatic rings. The number of alkyl halides is 1. The van der Waals surface area contributed by atoms with Crippen LogP contribution in [0.3, 0.4) is 0 Å². The van der Waals surface area contributed by atoms with Crippen LogP contribution in [-0.2, 0) is 23.4 Å². The number of hydrogen-bond acceptors (Lipinski definition) is 8. The normalized spacial score (nSPS) is 28.5. The van der Waals surface area contributed by atoms with Crippen molar-refractivity contribution in [2.75, 3.05) is 6.61 Å². The number of ether oxygens (including phenoxy) is 2.